The Bertz CT molecular complexity index is 2030. The topological polar surface area (TPSA) is 3.24 Å². The minimum atomic E-state index is -0.0376. The van der Waals surface area contributed by atoms with Crippen LogP contribution < -0.4 is 4.90 Å². The molecule has 2 heteroatoms. The Hall–Kier alpha value is -4.66. The van der Waals surface area contributed by atoms with Crippen molar-refractivity contribution in [1.82, 2.24) is 0 Å². The number of thiophene rings is 1. The van der Waals surface area contributed by atoms with Crippen LogP contribution in [0, 0.1) is 0 Å². The molecule has 0 bridgehead atoms. The highest BCUT2D eigenvalue weighted by molar-refractivity contribution is 7.26. The molecule has 0 aliphatic heterocycles. The third kappa shape index (κ3) is 3.75. The van der Waals surface area contributed by atoms with Gasteiger partial charge in [0.05, 0.1) is 10.4 Å². The zero-order valence-electron chi connectivity index (χ0n) is 23.1. The first-order valence-electron chi connectivity index (χ1n) is 14.2. The van der Waals surface area contributed by atoms with Crippen LogP contribution in [-0.4, -0.2) is 0 Å². The molecule has 0 saturated carbocycles. The second-order valence-corrected chi connectivity index (χ2v) is 12.5. The zero-order valence-corrected chi connectivity index (χ0v) is 24.0. The minimum Gasteiger partial charge on any atom is -0.309 e. The average Bonchev–Trinajstić information content (AvgIpc) is 3.51. The van der Waals surface area contributed by atoms with Crippen LogP contribution in [0.4, 0.5) is 17.1 Å². The largest absolute Gasteiger partial charge is 0.309 e. The normalized spacial score (nSPS) is 13.3. The van der Waals surface area contributed by atoms with Gasteiger partial charge >= 0.3 is 0 Å². The number of nitrogens with zero attached hydrogens (tertiary/aromatic N) is 1. The Kier molecular flexibility index (Phi) is 5.42. The van der Waals surface area contributed by atoms with Crippen molar-refractivity contribution in [1.29, 1.82) is 0 Å². The number of rotatable bonds is 4. The van der Waals surface area contributed by atoms with Gasteiger partial charge in [-0.2, -0.15) is 0 Å². The number of hydrogen-bond acceptors (Lipinski definition) is 2. The lowest BCUT2D eigenvalue weighted by Gasteiger charge is -2.27. The molecule has 196 valence electrons. The van der Waals surface area contributed by atoms with E-state index in [1.807, 2.05) is 11.3 Å². The van der Waals surface area contributed by atoms with Gasteiger partial charge in [0, 0.05) is 32.3 Å². The second kappa shape index (κ2) is 9.19. The molecule has 6 aromatic carbocycles. The van der Waals surface area contributed by atoms with Crippen molar-refractivity contribution in [3.05, 3.63) is 151 Å². The van der Waals surface area contributed by atoms with Crippen LogP contribution in [-0.2, 0) is 5.41 Å². The summed E-state index contributed by atoms with van der Waals surface area (Å²) in [6.07, 6.45) is 0. The first kappa shape index (κ1) is 24.2. The lowest BCUT2D eigenvalue weighted by molar-refractivity contribution is 0.660. The van der Waals surface area contributed by atoms with Gasteiger partial charge in [0.15, 0.2) is 0 Å². The van der Waals surface area contributed by atoms with Crippen LogP contribution in [0.15, 0.2) is 140 Å². The number of fused-ring (bicyclic) bond motifs is 6. The van der Waals surface area contributed by atoms with Gasteiger partial charge in [0.25, 0.3) is 0 Å². The Balaban J connectivity index is 1.41. The SMILES string of the molecule is CC1(C)c2ccccc2-c2ccc(-c3cc(N(c4ccccc4)c4ccccc4)c4sc5ccccc5c4c3)cc21. The summed E-state index contributed by atoms with van der Waals surface area (Å²) in [5.41, 5.74) is 11.5. The van der Waals surface area contributed by atoms with E-state index in [1.54, 1.807) is 0 Å². The number of anilines is 3. The number of benzene rings is 6. The molecule has 0 spiro atoms. The highest BCUT2D eigenvalue weighted by atomic mass is 32.1. The van der Waals surface area contributed by atoms with Crippen molar-refractivity contribution in [2.24, 2.45) is 0 Å². The molecule has 1 nitrogen and oxygen atoms in total. The monoisotopic (exact) mass is 543 g/mol. The van der Waals surface area contributed by atoms with Gasteiger partial charge in [0.2, 0.25) is 0 Å². The van der Waals surface area contributed by atoms with E-state index >= 15 is 0 Å². The van der Waals surface area contributed by atoms with Crippen molar-refractivity contribution >= 4 is 48.6 Å². The summed E-state index contributed by atoms with van der Waals surface area (Å²) in [5, 5.41) is 2.61. The number of para-hydroxylation sites is 2. The predicted octanol–water partition coefficient (Wildman–Crippen LogP) is 11.5. The maximum atomic E-state index is 2.43. The molecule has 1 aliphatic rings. The van der Waals surface area contributed by atoms with E-state index in [1.165, 1.54) is 59.2 Å². The highest BCUT2D eigenvalue weighted by Crippen LogP contribution is 2.51. The van der Waals surface area contributed by atoms with E-state index in [4.69, 9.17) is 0 Å². The van der Waals surface area contributed by atoms with Gasteiger partial charge in [-0.1, -0.05) is 105 Å². The van der Waals surface area contributed by atoms with Crippen LogP contribution in [0.2, 0.25) is 0 Å². The van der Waals surface area contributed by atoms with Crippen LogP contribution in [0.3, 0.4) is 0 Å². The summed E-state index contributed by atoms with van der Waals surface area (Å²) in [6.45, 7) is 4.71. The Morgan fingerprint density at radius 3 is 1.90 bits per heavy atom. The van der Waals surface area contributed by atoms with Crippen LogP contribution in [0.1, 0.15) is 25.0 Å². The molecule has 0 atom stereocenters. The molecule has 0 amide bonds. The van der Waals surface area contributed by atoms with Gasteiger partial charge in [-0.3, -0.25) is 0 Å². The van der Waals surface area contributed by atoms with E-state index in [9.17, 15) is 0 Å². The van der Waals surface area contributed by atoms with E-state index in [-0.39, 0.29) is 5.41 Å². The smallest absolute Gasteiger partial charge is 0.0646 e. The fourth-order valence-electron chi connectivity index (χ4n) is 6.61. The zero-order chi connectivity index (χ0) is 27.6. The van der Waals surface area contributed by atoms with Crippen molar-refractivity contribution in [3.63, 3.8) is 0 Å². The second-order valence-electron chi connectivity index (χ2n) is 11.4. The van der Waals surface area contributed by atoms with Crippen LogP contribution in [0.5, 0.6) is 0 Å². The summed E-state index contributed by atoms with van der Waals surface area (Å²) in [5.74, 6) is 0. The van der Waals surface area contributed by atoms with E-state index < -0.39 is 0 Å². The maximum absolute atomic E-state index is 2.43. The molecule has 0 fully saturated rings. The first-order chi connectivity index (χ1) is 20.1. The number of hydrogen-bond donors (Lipinski definition) is 0. The first-order valence-corrected chi connectivity index (χ1v) is 15.0. The third-order valence-corrected chi connectivity index (χ3v) is 9.85. The standard InChI is InChI=1S/C39H29NS/c1-39(2)34-19-11-9-17-30(34)31-22-21-26(24-35(31)39)27-23-33-32-18-10-12-20-37(32)41-38(33)36(25-27)40(28-13-5-3-6-14-28)29-15-7-4-8-16-29/h3-25H,1-2H3. The van der Waals surface area contributed by atoms with Gasteiger partial charge in [-0.05, 0) is 81.9 Å². The van der Waals surface area contributed by atoms with Gasteiger partial charge in [-0.25, -0.2) is 0 Å². The quantitative estimate of drug-likeness (QED) is 0.213. The molecule has 8 rings (SSSR count). The predicted molar refractivity (Wildman–Crippen MR) is 177 cm³/mol. The van der Waals surface area contributed by atoms with E-state index in [0.29, 0.717) is 0 Å². The minimum absolute atomic E-state index is 0.0376. The Morgan fingerprint density at radius 1 is 0.512 bits per heavy atom. The molecule has 1 aromatic heterocycles. The van der Waals surface area contributed by atoms with Crippen LogP contribution >= 0.6 is 11.3 Å². The van der Waals surface area contributed by atoms with Crippen LogP contribution in [0.25, 0.3) is 42.4 Å². The molecule has 1 heterocycles. The molecule has 41 heavy (non-hydrogen) atoms. The molecule has 0 radical (unpaired) electrons. The van der Waals surface area contributed by atoms with Crippen molar-refractivity contribution < 1.29 is 0 Å². The Morgan fingerprint density at radius 2 is 1.15 bits per heavy atom. The summed E-state index contributed by atoms with van der Waals surface area (Å²) >= 11 is 1.88. The van der Waals surface area contributed by atoms with Gasteiger partial charge in [-0.15, -0.1) is 11.3 Å². The highest BCUT2D eigenvalue weighted by Gasteiger charge is 2.35. The molecule has 0 N–H and O–H groups in total. The molecular weight excluding hydrogens is 515 g/mol. The van der Waals surface area contributed by atoms with Crippen molar-refractivity contribution in [2.75, 3.05) is 4.90 Å². The lowest BCUT2D eigenvalue weighted by Crippen LogP contribution is -2.14. The molecule has 0 unspecified atom stereocenters. The van der Waals surface area contributed by atoms with Gasteiger partial charge in [0.1, 0.15) is 0 Å². The molecule has 1 aliphatic carbocycles. The van der Waals surface area contributed by atoms with E-state index in [2.05, 4.69) is 158 Å². The summed E-state index contributed by atoms with van der Waals surface area (Å²) in [4.78, 5) is 2.41. The lowest BCUT2D eigenvalue weighted by atomic mass is 9.81. The van der Waals surface area contributed by atoms with Crippen molar-refractivity contribution in [2.45, 2.75) is 19.3 Å². The summed E-state index contributed by atoms with van der Waals surface area (Å²) in [7, 11) is 0. The molecule has 0 saturated heterocycles. The Labute approximate surface area is 245 Å². The summed E-state index contributed by atoms with van der Waals surface area (Å²) in [6, 6.07) is 51.0. The van der Waals surface area contributed by atoms with Gasteiger partial charge < -0.3 is 4.90 Å². The maximum Gasteiger partial charge on any atom is 0.0646 e. The average molecular weight is 544 g/mol. The summed E-state index contributed by atoms with van der Waals surface area (Å²) < 4.78 is 2.61. The van der Waals surface area contributed by atoms with E-state index in [0.717, 1.165) is 11.4 Å². The third-order valence-electron chi connectivity index (χ3n) is 8.65. The molecular formula is C39H29NS. The van der Waals surface area contributed by atoms with Crippen molar-refractivity contribution in [3.8, 4) is 22.3 Å². The fraction of sp³-hybridized carbons (Fsp3) is 0.0769. The fourth-order valence-corrected chi connectivity index (χ4v) is 7.80. The molecule has 7 aromatic rings.